The van der Waals surface area contributed by atoms with Crippen molar-refractivity contribution in [1.29, 1.82) is 0 Å². The molecule has 14 rings (SSSR count). The van der Waals surface area contributed by atoms with E-state index < -0.39 is 5.66 Å². The number of pyridine rings is 2. The van der Waals surface area contributed by atoms with E-state index in [9.17, 15) is 0 Å². The molecule has 0 aliphatic carbocycles. The van der Waals surface area contributed by atoms with Gasteiger partial charge in [-0.25, -0.2) is 0 Å². The van der Waals surface area contributed by atoms with Crippen LogP contribution in [0.3, 0.4) is 0 Å². The first-order valence-corrected chi connectivity index (χ1v) is 19.8. The fraction of sp³-hybridized carbons (Fsp3) is 0.0980. The van der Waals surface area contributed by atoms with E-state index in [0.29, 0.717) is 0 Å². The maximum Gasteiger partial charge on any atom is 0.323 e. The number of nitrogens with zero attached hydrogens (tertiary/aromatic N) is 4. The summed E-state index contributed by atoms with van der Waals surface area (Å²) in [5.41, 5.74) is 16.6. The van der Waals surface area contributed by atoms with Crippen molar-refractivity contribution in [3.63, 3.8) is 0 Å². The molecule has 0 amide bonds. The van der Waals surface area contributed by atoms with Crippen LogP contribution in [-0.2, 0) is 5.66 Å². The molecule has 56 heavy (non-hydrogen) atoms. The Labute approximate surface area is 322 Å². The fourth-order valence-electron chi connectivity index (χ4n) is 11.4. The van der Waals surface area contributed by atoms with Crippen LogP contribution in [0.4, 0.5) is 0 Å². The highest BCUT2D eigenvalue weighted by Crippen LogP contribution is 2.59. The lowest BCUT2D eigenvalue weighted by atomic mass is 9.82. The second-order valence-electron chi connectivity index (χ2n) is 16.1. The lowest BCUT2D eigenvalue weighted by molar-refractivity contribution is -0.920. The molecule has 1 spiro atoms. The van der Waals surface area contributed by atoms with Crippen molar-refractivity contribution in [2.45, 2.75) is 31.3 Å². The standard InChI is InChI=1S/C51H34N4O/c1-29(31-15-5-3-6-16-31)35-27-41-42-28-36(30(2)32-17-7-4-8-18-32)46-34-20-10-12-22-38(34)53-40-24-14-26-44-48(40)51(55(42)50(46)53)47-39(23-13-25-43(47)56-44)52-37-21-11-9-19-33(37)45(35)49(52)54(41)51/h3-30H,1-2H3/q+2. The van der Waals surface area contributed by atoms with Gasteiger partial charge in [0.1, 0.15) is 45.0 Å². The third kappa shape index (κ3) is 3.11. The first-order chi connectivity index (χ1) is 27.7. The topological polar surface area (TPSA) is 26.8 Å². The molecule has 4 aliphatic rings. The normalized spacial score (nSPS) is 17.2. The van der Waals surface area contributed by atoms with Gasteiger partial charge in [0.2, 0.25) is 0 Å². The number of rotatable bonds is 4. The Morgan fingerprint density at radius 2 is 0.911 bits per heavy atom. The number of ether oxygens (including phenoxy) is 1. The molecule has 5 nitrogen and oxygen atoms in total. The molecule has 0 N–H and O–H groups in total. The van der Waals surface area contributed by atoms with Crippen molar-refractivity contribution in [3.05, 3.63) is 191 Å². The highest BCUT2D eigenvalue weighted by atomic mass is 16.5. The van der Waals surface area contributed by atoms with E-state index in [1.165, 1.54) is 100 Å². The summed E-state index contributed by atoms with van der Waals surface area (Å²) in [6.45, 7) is 4.77. The third-order valence-electron chi connectivity index (χ3n) is 13.6. The molecule has 6 aromatic carbocycles. The van der Waals surface area contributed by atoms with Gasteiger partial charge in [0.05, 0.1) is 10.8 Å². The van der Waals surface area contributed by atoms with Crippen molar-refractivity contribution in [3.8, 4) is 34.3 Å². The Morgan fingerprint density at radius 1 is 0.482 bits per heavy atom. The summed E-state index contributed by atoms with van der Waals surface area (Å²) in [6.07, 6.45) is 0. The largest absolute Gasteiger partial charge is 0.456 e. The molecule has 4 aliphatic heterocycles. The minimum Gasteiger partial charge on any atom is -0.456 e. The highest BCUT2D eigenvalue weighted by molar-refractivity contribution is 6.12. The lowest BCUT2D eigenvalue weighted by Gasteiger charge is -2.39. The van der Waals surface area contributed by atoms with Crippen molar-refractivity contribution in [1.82, 2.24) is 9.13 Å². The van der Waals surface area contributed by atoms with Gasteiger partial charge in [0.25, 0.3) is 11.3 Å². The zero-order valence-electron chi connectivity index (χ0n) is 30.9. The minimum absolute atomic E-state index is 0.152. The molecule has 8 heterocycles. The maximum atomic E-state index is 7.07. The van der Waals surface area contributed by atoms with Gasteiger partial charge in [-0.3, -0.25) is 0 Å². The van der Waals surface area contributed by atoms with Gasteiger partial charge in [-0.2, -0.15) is 18.3 Å². The minimum atomic E-state index is -0.727. The molecule has 0 saturated carbocycles. The molecule has 0 bridgehead atoms. The van der Waals surface area contributed by atoms with Crippen LogP contribution in [0.1, 0.15) is 59.1 Å². The van der Waals surface area contributed by atoms with Crippen molar-refractivity contribution >= 4 is 43.9 Å². The van der Waals surface area contributed by atoms with Crippen LogP contribution in [0, 0.1) is 0 Å². The average Bonchev–Trinajstić information content (AvgIpc) is 3.88. The van der Waals surface area contributed by atoms with Gasteiger partial charge in [0, 0.05) is 22.6 Å². The van der Waals surface area contributed by atoms with E-state index in [-0.39, 0.29) is 11.8 Å². The number of para-hydroxylation sites is 2. The molecular weight excluding hydrogens is 685 g/mol. The second-order valence-corrected chi connectivity index (χ2v) is 16.1. The SMILES string of the molecule is CC(c1ccccc1)c1cc2[n+]3c4c1c1ccccc1n4-c1cccc4c1C31c3c(cccc3-n3c5ccccc5c5c(C(C)c6ccccc6)cc-2[n+]1c53)O4. The first kappa shape index (κ1) is 29.4. The quantitative estimate of drug-likeness (QED) is 0.166. The average molecular weight is 719 g/mol. The van der Waals surface area contributed by atoms with E-state index in [2.05, 4.69) is 190 Å². The van der Waals surface area contributed by atoms with Crippen LogP contribution in [0.5, 0.6) is 11.5 Å². The lowest BCUT2D eigenvalue weighted by Crippen LogP contribution is -2.75. The van der Waals surface area contributed by atoms with E-state index in [4.69, 9.17) is 4.74 Å². The summed E-state index contributed by atoms with van der Waals surface area (Å²) < 4.78 is 17.6. The molecule has 2 atom stereocenters. The van der Waals surface area contributed by atoms with E-state index in [1.807, 2.05) is 0 Å². The number of benzene rings is 6. The van der Waals surface area contributed by atoms with Gasteiger partial charge in [-0.1, -0.05) is 111 Å². The predicted molar refractivity (Wildman–Crippen MR) is 221 cm³/mol. The van der Waals surface area contributed by atoms with Gasteiger partial charge in [-0.05, 0) is 82.9 Å². The first-order valence-electron chi connectivity index (χ1n) is 19.8. The Bertz CT molecular complexity index is 3200. The molecular formula is C51H34N4O+2. The Kier molecular flexibility index (Phi) is 5.15. The van der Waals surface area contributed by atoms with Crippen LogP contribution in [0.15, 0.2) is 158 Å². The fourth-order valence-corrected chi connectivity index (χ4v) is 11.4. The van der Waals surface area contributed by atoms with Gasteiger partial charge in [0.15, 0.2) is 11.4 Å². The number of hydrogen-bond donors (Lipinski definition) is 0. The van der Waals surface area contributed by atoms with Crippen LogP contribution in [0.25, 0.3) is 66.6 Å². The molecule has 0 fully saturated rings. The van der Waals surface area contributed by atoms with Crippen molar-refractivity contribution in [2.75, 3.05) is 0 Å². The Hall–Kier alpha value is -6.98. The summed E-state index contributed by atoms with van der Waals surface area (Å²) in [7, 11) is 0. The zero-order valence-corrected chi connectivity index (χ0v) is 30.9. The predicted octanol–water partition coefficient (Wildman–Crippen LogP) is 10.8. The van der Waals surface area contributed by atoms with Gasteiger partial charge < -0.3 is 4.74 Å². The van der Waals surface area contributed by atoms with Crippen molar-refractivity contribution in [2.24, 2.45) is 0 Å². The number of hydrogen-bond acceptors (Lipinski definition) is 1. The van der Waals surface area contributed by atoms with Crippen LogP contribution >= 0.6 is 0 Å². The van der Waals surface area contributed by atoms with E-state index >= 15 is 0 Å². The molecule has 4 aromatic heterocycles. The van der Waals surface area contributed by atoms with Gasteiger partial charge in [-0.15, -0.1) is 0 Å². The number of aromatic nitrogens is 4. The number of fused-ring (bicyclic) bond motifs is 9. The van der Waals surface area contributed by atoms with Crippen molar-refractivity contribution < 1.29 is 13.9 Å². The summed E-state index contributed by atoms with van der Waals surface area (Å²) in [5, 5.41) is 5.16. The molecule has 262 valence electrons. The maximum absolute atomic E-state index is 7.07. The smallest absolute Gasteiger partial charge is 0.323 e. The molecule has 5 heteroatoms. The van der Waals surface area contributed by atoms with Crippen LogP contribution in [0.2, 0.25) is 0 Å². The zero-order chi connectivity index (χ0) is 36.6. The summed E-state index contributed by atoms with van der Waals surface area (Å²) >= 11 is 0. The monoisotopic (exact) mass is 718 g/mol. The molecule has 2 unspecified atom stereocenters. The van der Waals surface area contributed by atoms with Crippen LogP contribution in [-0.4, -0.2) is 9.13 Å². The van der Waals surface area contributed by atoms with E-state index in [1.54, 1.807) is 0 Å². The summed E-state index contributed by atoms with van der Waals surface area (Å²) in [6, 6.07) is 58.5. The third-order valence-corrected chi connectivity index (χ3v) is 13.6. The summed E-state index contributed by atoms with van der Waals surface area (Å²) in [4.78, 5) is 0. The summed E-state index contributed by atoms with van der Waals surface area (Å²) in [5.74, 6) is 2.12. The molecule has 0 saturated heterocycles. The second kappa shape index (κ2) is 9.81. The van der Waals surface area contributed by atoms with E-state index in [0.717, 1.165) is 11.5 Å². The van der Waals surface area contributed by atoms with Gasteiger partial charge >= 0.3 is 5.66 Å². The Morgan fingerprint density at radius 3 is 1.38 bits per heavy atom. The van der Waals surface area contributed by atoms with Crippen LogP contribution < -0.4 is 13.9 Å². The molecule has 0 radical (unpaired) electrons. The Balaban J connectivity index is 1.28. The highest BCUT2D eigenvalue weighted by Gasteiger charge is 2.69. The molecule has 10 aromatic rings.